The van der Waals surface area contributed by atoms with Gasteiger partial charge in [-0.25, -0.2) is 0 Å². The molecule has 8 heteroatoms. The molecular formula is C8H22NO4PSi2. The Bertz CT molecular complexity index is 288. The first kappa shape index (κ1) is 16.1. The minimum atomic E-state index is -3.37. The Balaban J connectivity index is 4.90. The lowest BCUT2D eigenvalue weighted by Gasteiger charge is -2.30. The Morgan fingerprint density at radius 2 is 1.38 bits per heavy atom. The maximum Gasteiger partial charge on any atom is 0.320 e. The van der Waals surface area contributed by atoms with Crippen LogP contribution in [-0.4, -0.2) is 28.7 Å². The molecule has 0 spiro atoms. The molecule has 1 amide bonds. The second-order valence-corrected chi connectivity index (χ2v) is 17.1. The lowest BCUT2D eigenvalue weighted by molar-refractivity contribution is -0.115. The lowest BCUT2D eigenvalue weighted by Crippen LogP contribution is -2.32. The number of carbonyl (C=O) groups is 1. The average Bonchev–Trinajstić information content (AvgIpc) is 1.69. The minimum Gasteiger partial charge on any atom is -0.369 e. The summed E-state index contributed by atoms with van der Waals surface area (Å²) in [5.41, 5.74) is 5.08. The van der Waals surface area contributed by atoms with Crippen LogP contribution in [0.4, 0.5) is 0 Å². The molecule has 0 fully saturated rings. The Morgan fingerprint density at radius 1 is 1.06 bits per heavy atom. The molecule has 0 aromatic carbocycles. The first-order valence-corrected chi connectivity index (χ1v) is 13.7. The summed E-state index contributed by atoms with van der Waals surface area (Å²) >= 11 is 0. The maximum absolute atomic E-state index is 12.4. The van der Waals surface area contributed by atoms with Gasteiger partial charge < -0.3 is 14.2 Å². The van der Waals surface area contributed by atoms with Crippen LogP contribution in [0.1, 0.15) is 0 Å². The van der Waals surface area contributed by atoms with Crippen LogP contribution in [0, 0.1) is 0 Å². The predicted octanol–water partition coefficient (Wildman–Crippen LogP) is 2.37. The van der Waals surface area contributed by atoms with E-state index in [-0.39, 0.29) is 6.16 Å². The van der Waals surface area contributed by atoms with Gasteiger partial charge in [0.15, 0.2) is 16.6 Å². The summed E-state index contributed by atoms with van der Waals surface area (Å²) < 4.78 is 23.4. The molecule has 5 nitrogen and oxygen atoms in total. The molecule has 0 saturated carbocycles. The van der Waals surface area contributed by atoms with Gasteiger partial charge in [-0.3, -0.25) is 9.36 Å². The molecule has 96 valence electrons. The van der Waals surface area contributed by atoms with E-state index in [0.717, 1.165) is 0 Å². The van der Waals surface area contributed by atoms with Crippen LogP contribution in [0.3, 0.4) is 0 Å². The van der Waals surface area contributed by atoms with E-state index < -0.39 is 30.1 Å². The molecule has 0 aromatic rings. The van der Waals surface area contributed by atoms with Gasteiger partial charge in [0, 0.05) is 0 Å². The number of nitrogens with two attached hydrogens (primary N) is 1. The van der Waals surface area contributed by atoms with Crippen molar-refractivity contribution >= 4 is 30.1 Å². The molecule has 0 bridgehead atoms. The fourth-order valence-electron chi connectivity index (χ4n) is 1.11. The lowest BCUT2D eigenvalue weighted by atomic mass is 10.8. The Kier molecular flexibility index (Phi) is 5.16. The van der Waals surface area contributed by atoms with E-state index in [1.165, 1.54) is 0 Å². The highest BCUT2D eigenvalue weighted by atomic mass is 31.2. The quantitative estimate of drug-likeness (QED) is 0.599. The van der Waals surface area contributed by atoms with Gasteiger partial charge in [0.1, 0.15) is 6.16 Å². The Morgan fingerprint density at radius 3 is 1.56 bits per heavy atom. The normalized spacial score (nSPS) is 13.9. The number of carbonyl (C=O) groups excluding carboxylic acids is 1. The van der Waals surface area contributed by atoms with Gasteiger partial charge in [-0.2, -0.15) is 0 Å². The highest BCUT2D eigenvalue weighted by Gasteiger charge is 2.37. The largest absolute Gasteiger partial charge is 0.369 e. The second-order valence-electron chi connectivity index (χ2n) is 5.64. The minimum absolute atomic E-state index is 0.332. The van der Waals surface area contributed by atoms with Crippen LogP contribution in [0.25, 0.3) is 0 Å². The number of hydrogen-bond acceptors (Lipinski definition) is 4. The molecule has 0 atom stereocenters. The number of hydrogen-bond donors (Lipinski definition) is 1. The second kappa shape index (κ2) is 5.14. The van der Waals surface area contributed by atoms with E-state index in [4.69, 9.17) is 14.2 Å². The van der Waals surface area contributed by atoms with E-state index in [0.29, 0.717) is 0 Å². The van der Waals surface area contributed by atoms with Crippen molar-refractivity contribution in [2.45, 2.75) is 39.3 Å². The average molecular weight is 283 g/mol. The van der Waals surface area contributed by atoms with E-state index in [9.17, 15) is 9.36 Å². The molecule has 0 aliphatic rings. The smallest absolute Gasteiger partial charge is 0.320 e. The van der Waals surface area contributed by atoms with Gasteiger partial charge >= 0.3 is 7.60 Å². The number of rotatable bonds is 6. The van der Waals surface area contributed by atoms with Crippen LogP contribution < -0.4 is 5.73 Å². The zero-order valence-electron chi connectivity index (χ0n) is 10.9. The summed E-state index contributed by atoms with van der Waals surface area (Å²) in [6.07, 6.45) is -0.332. The molecule has 16 heavy (non-hydrogen) atoms. The number of primary amides is 1. The maximum atomic E-state index is 12.4. The van der Waals surface area contributed by atoms with Crippen molar-refractivity contribution in [2.24, 2.45) is 5.73 Å². The van der Waals surface area contributed by atoms with Crippen LogP contribution in [0.5, 0.6) is 0 Å². The fourth-order valence-corrected chi connectivity index (χ4v) is 9.17. The SMILES string of the molecule is C[Si](C)(C)OP(=O)(CC(N)=O)O[Si](C)(C)C. The van der Waals surface area contributed by atoms with Crippen molar-refractivity contribution in [1.82, 2.24) is 0 Å². The van der Waals surface area contributed by atoms with E-state index in [1.54, 1.807) is 0 Å². The molecular weight excluding hydrogens is 261 g/mol. The predicted molar refractivity (Wildman–Crippen MR) is 70.5 cm³/mol. The molecule has 0 rings (SSSR count). The molecule has 0 unspecified atom stereocenters. The third-order valence-electron chi connectivity index (χ3n) is 1.18. The van der Waals surface area contributed by atoms with Crippen LogP contribution in [0.2, 0.25) is 39.3 Å². The third-order valence-corrected chi connectivity index (χ3v) is 8.48. The Labute approximate surface area is 99.5 Å². The van der Waals surface area contributed by atoms with Gasteiger partial charge in [-0.05, 0) is 39.3 Å². The van der Waals surface area contributed by atoms with Crippen LogP contribution in [0.15, 0.2) is 0 Å². The summed E-state index contributed by atoms with van der Waals surface area (Å²) in [4.78, 5) is 10.9. The van der Waals surface area contributed by atoms with Crippen LogP contribution >= 0.6 is 7.60 Å². The molecule has 0 aromatic heterocycles. The first-order chi connectivity index (χ1) is 6.83. The van der Waals surface area contributed by atoms with E-state index in [1.807, 2.05) is 39.3 Å². The van der Waals surface area contributed by atoms with E-state index in [2.05, 4.69) is 0 Å². The summed E-state index contributed by atoms with van der Waals surface area (Å²) in [5, 5.41) is 0. The highest BCUT2D eigenvalue weighted by Crippen LogP contribution is 2.52. The van der Waals surface area contributed by atoms with E-state index >= 15 is 0 Å². The van der Waals surface area contributed by atoms with Gasteiger partial charge in [0.2, 0.25) is 5.91 Å². The van der Waals surface area contributed by atoms with Crippen LogP contribution in [-0.2, 0) is 17.8 Å². The molecule has 0 saturated heterocycles. The highest BCUT2D eigenvalue weighted by molar-refractivity contribution is 7.58. The van der Waals surface area contributed by atoms with Gasteiger partial charge in [0.05, 0.1) is 0 Å². The summed E-state index contributed by atoms with van der Waals surface area (Å²) in [7, 11) is -7.44. The molecule has 0 heterocycles. The van der Waals surface area contributed by atoms with Gasteiger partial charge in [-0.15, -0.1) is 0 Å². The molecule has 0 aliphatic heterocycles. The summed E-state index contributed by atoms with van der Waals surface area (Å²) in [6.45, 7) is 11.4. The van der Waals surface area contributed by atoms with Crippen molar-refractivity contribution in [1.29, 1.82) is 0 Å². The van der Waals surface area contributed by atoms with Crippen molar-refractivity contribution in [3.63, 3.8) is 0 Å². The summed E-state index contributed by atoms with van der Waals surface area (Å²) in [6, 6.07) is 0. The number of amides is 1. The van der Waals surface area contributed by atoms with Gasteiger partial charge in [0.25, 0.3) is 0 Å². The van der Waals surface area contributed by atoms with Gasteiger partial charge in [-0.1, -0.05) is 0 Å². The van der Waals surface area contributed by atoms with Crippen molar-refractivity contribution in [3.8, 4) is 0 Å². The van der Waals surface area contributed by atoms with Crippen molar-refractivity contribution in [3.05, 3.63) is 0 Å². The monoisotopic (exact) mass is 283 g/mol. The molecule has 0 aliphatic carbocycles. The molecule has 0 radical (unpaired) electrons. The zero-order valence-corrected chi connectivity index (χ0v) is 13.8. The third kappa shape index (κ3) is 8.23. The fraction of sp³-hybridized carbons (Fsp3) is 0.875. The van der Waals surface area contributed by atoms with Crippen molar-refractivity contribution < 1.29 is 17.8 Å². The zero-order chi connectivity index (χ0) is 13.2. The van der Waals surface area contributed by atoms with Crippen molar-refractivity contribution in [2.75, 3.05) is 6.16 Å². The first-order valence-electron chi connectivity index (χ1n) is 5.12. The summed E-state index contributed by atoms with van der Waals surface area (Å²) in [5.74, 6) is -0.653. The Hall–Kier alpha value is 0.0538. The topological polar surface area (TPSA) is 78.6 Å². The molecule has 2 N–H and O–H groups in total. The standard InChI is InChI=1S/C8H22NO4PSi2/c1-15(2,3)12-14(11,7-8(9)10)13-16(4,5)6/h7H2,1-6H3,(H2,9,10).